The van der Waals surface area contributed by atoms with Crippen LogP contribution in [-0.2, 0) is 9.84 Å². The number of hydrogen-bond acceptors (Lipinski definition) is 6. The summed E-state index contributed by atoms with van der Waals surface area (Å²) < 4.78 is 24.8. The molecule has 0 aliphatic carbocycles. The Bertz CT molecular complexity index is 1520. The summed E-state index contributed by atoms with van der Waals surface area (Å²) in [4.78, 5) is 20.5. The van der Waals surface area contributed by atoms with Crippen molar-refractivity contribution in [3.63, 3.8) is 0 Å². The lowest BCUT2D eigenvalue weighted by atomic mass is 9.90. The van der Waals surface area contributed by atoms with E-state index in [1.165, 1.54) is 5.56 Å². The molecule has 1 fully saturated rings. The smallest absolute Gasteiger partial charge is 0.259 e. The number of benzene rings is 2. The Morgan fingerprint density at radius 2 is 1.72 bits per heavy atom. The molecule has 1 aliphatic heterocycles. The largest absolute Gasteiger partial charge is 0.340 e. The van der Waals surface area contributed by atoms with Gasteiger partial charge in [-0.15, -0.1) is 0 Å². The fourth-order valence-electron chi connectivity index (χ4n) is 4.80. The number of rotatable bonds is 7. The van der Waals surface area contributed by atoms with Crippen molar-refractivity contribution >= 4 is 32.1 Å². The lowest BCUT2D eigenvalue weighted by Crippen LogP contribution is -2.26. The number of nitrogens with one attached hydrogen (secondary N) is 3. The first kappa shape index (κ1) is 24.2. The molecule has 36 heavy (non-hydrogen) atoms. The third-order valence-corrected chi connectivity index (χ3v) is 8.66. The van der Waals surface area contributed by atoms with Crippen molar-refractivity contribution in [1.82, 2.24) is 15.3 Å². The zero-order valence-corrected chi connectivity index (χ0v) is 21.1. The second-order valence-corrected chi connectivity index (χ2v) is 11.4. The molecule has 1 aliphatic rings. The number of aromatic nitrogens is 2. The predicted octanol–water partition coefficient (Wildman–Crippen LogP) is 4.98. The van der Waals surface area contributed by atoms with Crippen LogP contribution in [0.5, 0.6) is 0 Å². The normalized spacial score (nSPS) is 14.7. The van der Waals surface area contributed by atoms with Crippen molar-refractivity contribution in [3.8, 4) is 11.3 Å². The van der Waals surface area contributed by atoms with Crippen molar-refractivity contribution in [2.45, 2.75) is 37.0 Å². The molecular formula is C28H30N4O3S. The summed E-state index contributed by atoms with van der Waals surface area (Å²) in [6.07, 6.45) is 4.45. The monoisotopic (exact) mass is 502 g/mol. The molecular weight excluding hydrogens is 472 g/mol. The van der Waals surface area contributed by atoms with Crippen LogP contribution in [0, 0.1) is 0 Å². The molecule has 2 aromatic heterocycles. The van der Waals surface area contributed by atoms with Gasteiger partial charge >= 0.3 is 0 Å². The van der Waals surface area contributed by atoms with Gasteiger partial charge in [-0.25, -0.2) is 13.4 Å². The molecule has 4 aromatic rings. The molecule has 0 unspecified atom stereocenters. The predicted molar refractivity (Wildman–Crippen MR) is 145 cm³/mol. The zero-order valence-electron chi connectivity index (χ0n) is 20.3. The Morgan fingerprint density at radius 3 is 2.42 bits per heavy atom. The van der Waals surface area contributed by atoms with Gasteiger partial charge in [0.15, 0.2) is 9.84 Å². The van der Waals surface area contributed by atoms with Gasteiger partial charge in [0.05, 0.1) is 21.7 Å². The molecule has 0 saturated carbocycles. The number of H-pyrrole nitrogens is 1. The van der Waals surface area contributed by atoms with Gasteiger partial charge in [-0.05, 0) is 85.6 Å². The maximum Gasteiger partial charge on any atom is 0.259 e. The second-order valence-electron chi connectivity index (χ2n) is 9.24. The number of hydrogen-bond donors (Lipinski definition) is 3. The molecule has 1 saturated heterocycles. The first-order valence-corrected chi connectivity index (χ1v) is 14.0. The summed E-state index contributed by atoms with van der Waals surface area (Å²) in [5, 5.41) is 7.97. The van der Waals surface area contributed by atoms with Crippen molar-refractivity contribution in [2.75, 3.05) is 24.2 Å². The Kier molecular flexibility index (Phi) is 6.89. The van der Waals surface area contributed by atoms with Crippen LogP contribution in [0.2, 0.25) is 0 Å². The summed E-state index contributed by atoms with van der Waals surface area (Å²) in [5.74, 6) is 1.14. The fourth-order valence-corrected chi connectivity index (χ4v) is 6.13. The molecule has 5 rings (SSSR count). The van der Waals surface area contributed by atoms with Crippen molar-refractivity contribution in [1.29, 1.82) is 0 Å². The fraction of sp³-hybridized carbons (Fsp3) is 0.286. The first-order chi connectivity index (χ1) is 17.4. The summed E-state index contributed by atoms with van der Waals surface area (Å²) >= 11 is 0. The third kappa shape index (κ3) is 5.05. The molecule has 3 N–H and O–H groups in total. The quantitative estimate of drug-likeness (QED) is 0.329. The van der Waals surface area contributed by atoms with E-state index in [2.05, 4.69) is 27.8 Å². The molecule has 8 heteroatoms. The first-order valence-electron chi connectivity index (χ1n) is 12.4. The van der Waals surface area contributed by atoms with Crippen LogP contribution in [0.1, 0.15) is 37.7 Å². The average Bonchev–Trinajstić information content (AvgIpc) is 2.89. The molecule has 2 aromatic carbocycles. The third-order valence-electron chi connectivity index (χ3n) is 6.72. The van der Waals surface area contributed by atoms with Gasteiger partial charge in [0.1, 0.15) is 5.82 Å². The average molecular weight is 503 g/mol. The van der Waals surface area contributed by atoms with Crippen LogP contribution in [0.3, 0.4) is 0 Å². The van der Waals surface area contributed by atoms with Crippen LogP contribution >= 0.6 is 0 Å². The zero-order chi connectivity index (χ0) is 25.1. The number of aromatic amines is 1. The van der Waals surface area contributed by atoms with E-state index < -0.39 is 9.84 Å². The number of fused-ring (bicyclic) bond motifs is 1. The van der Waals surface area contributed by atoms with Gasteiger partial charge in [-0.3, -0.25) is 4.79 Å². The molecule has 7 nitrogen and oxygen atoms in total. The number of piperidine rings is 1. The second kappa shape index (κ2) is 10.2. The van der Waals surface area contributed by atoms with Crippen LogP contribution in [0.15, 0.2) is 76.6 Å². The van der Waals surface area contributed by atoms with E-state index in [1.807, 2.05) is 31.2 Å². The Hall–Kier alpha value is -3.49. The lowest BCUT2D eigenvalue weighted by molar-refractivity contribution is 0.460. The molecule has 0 bridgehead atoms. The van der Waals surface area contributed by atoms with Gasteiger partial charge < -0.3 is 15.6 Å². The minimum atomic E-state index is -3.29. The van der Waals surface area contributed by atoms with Gasteiger partial charge in [0, 0.05) is 17.4 Å². The Balaban J connectivity index is 1.49. The van der Waals surface area contributed by atoms with E-state index in [9.17, 15) is 13.2 Å². The number of nitrogens with zero attached hydrogens (tertiary/aromatic N) is 1. The van der Waals surface area contributed by atoms with Gasteiger partial charge in [0.25, 0.3) is 5.56 Å². The van der Waals surface area contributed by atoms with Gasteiger partial charge in [-0.1, -0.05) is 31.2 Å². The molecule has 186 valence electrons. The van der Waals surface area contributed by atoms with Crippen LogP contribution < -0.4 is 16.2 Å². The molecule has 0 radical (unpaired) electrons. The highest BCUT2D eigenvalue weighted by Gasteiger charge is 2.17. The van der Waals surface area contributed by atoms with E-state index in [-0.39, 0.29) is 11.3 Å². The molecule has 3 heterocycles. The summed E-state index contributed by atoms with van der Waals surface area (Å²) in [5.41, 5.74) is 3.38. The summed E-state index contributed by atoms with van der Waals surface area (Å²) in [6.45, 7) is 3.94. The maximum atomic E-state index is 12.7. The summed E-state index contributed by atoms with van der Waals surface area (Å²) in [6, 6.07) is 18.8. The van der Waals surface area contributed by atoms with E-state index >= 15 is 0 Å². The van der Waals surface area contributed by atoms with E-state index in [0.717, 1.165) is 42.6 Å². The van der Waals surface area contributed by atoms with E-state index in [0.29, 0.717) is 34.1 Å². The van der Waals surface area contributed by atoms with Crippen LogP contribution in [-0.4, -0.2) is 37.2 Å². The van der Waals surface area contributed by atoms with E-state index in [4.69, 9.17) is 4.98 Å². The van der Waals surface area contributed by atoms with Gasteiger partial charge in [0.2, 0.25) is 0 Å². The Morgan fingerprint density at radius 1 is 1.00 bits per heavy atom. The number of anilines is 2. The highest BCUT2D eigenvalue weighted by atomic mass is 32.2. The molecule has 0 atom stereocenters. The van der Waals surface area contributed by atoms with Crippen LogP contribution in [0.25, 0.3) is 22.0 Å². The van der Waals surface area contributed by atoms with Crippen molar-refractivity contribution in [2.24, 2.45) is 0 Å². The van der Waals surface area contributed by atoms with Crippen LogP contribution in [0.4, 0.5) is 11.5 Å². The standard InChI is InChI=1S/C28H30N4O3S/c1-2-17-36(34,35)24-9-5-21(6-10-24)25-18-22-13-16-30-28(33)26(22)27(32-25)31-23-7-3-19(4-8-23)20-11-14-29-15-12-20/h3-10,13,16,18,20,29H,2,11-12,14-15,17H2,1H3,(H,30,33)(H,31,32). The number of pyridine rings is 2. The molecule has 0 spiro atoms. The molecule has 0 amide bonds. The topological polar surface area (TPSA) is 104 Å². The van der Waals surface area contributed by atoms with Crippen molar-refractivity contribution in [3.05, 3.63) is 82.8 Å². The van der Waals surface area contributed by atoms with E-state index in [1.54, 1.807) is 30.5 Å². The van der Waals surface area contributed by atoms with Gasteiger partial charge in [-0.2, -0.15) is 0 Å². The minimum Gasteiger partial charge on any atom is -0.340 e. The summed E-state index contributed by atoms with van der Waals surface area (Å²) in [7, 11) is -3.29. The highest BCUT2D eigenvalue weighted by Crippen LogP contribution is 2.30. The SMILES string of the molecule is CCCS(=O)(=O)c1ccc(-c2cc3cc[nH]c(=O)c3c(Nc3ccc(C4CCNCC4)cc3)n2)cc1. The Labute approximate surface area is 210 Å². The lowest BCUT2D eigenvalue weighted by Gasteiger charge is -2.23. The maximum absolute atomic E-state index is 12.7. The minimum absolute atomic E-state index is 0.119. The highest BCUT2D eigenvalue weighted by molar-refractivity contribution is 7.91. The van der Waals surface area contributed by atoms with Crippen molar-refractivity contribution < 1.29 is 8.42 Å². The number of sulfone groups is 1.